The summed E-state index contributed by atoms with van der Waals surface area (Å²) in [4.78, 5) is 17.4. The predicted molar refractivity (Wildman–Crippen MR) is 62.1 cm³/mol. The van der Waals surface area contributed by atoms with Crippen molar-refractivity contribution in [3.05, 3.63) is 23.9 Å². The molecule has 0 aromatic carbocycles. The summed E-state index contributed by atoms with van der Waals surface area (Å²) in [6.45, 7) is 1.31. The van der Waals surface area contributed by atoms with Crippen molar-refractivity contribution in [1.82, 2.24) is 9.88 Å². The van der Waals surface area contributed by atoms with Crippen molar-refractivity contribution in [2.75, 3.05) is 27.3 Å². The summed E-state index contributed by atoms with van der Waals surface area (Å²) in [6, 6.07) is 3.35. The Labute approximate surface area is 100 Å². The fraction of sp³-hybridized carbons (Fsp3) is 0.500. The van der Waals surface area contributed by atoms with Crippen LogP contribution in [0.3, 0.4) is 0 Å². The van der Waals surface area contributed by atoms with Gasteiger partial charge < -0.3 is 14.4 Å². The minimum Gasteiger partial charge on any atom is -0.472 e. The minimum absolute atomic E-state index is 0.0483. The standard InChI is InChI=1S/C12H16N2O3/c1-14(2)12(15)9-3-5-13-11(7-9)17-10-4-6-16-8-10/h3,5,7,10H,4,6,8H2,1-2H3/t10-/m0/s1. The van der Waals surface area contributed by atoms with E-state index < -0.39 is 0 Å². The third-order valence-corrected chi connectivity index (χ3v) is 2.56. The summed E-state index contributed by atoms with van der Waals surface area (Å²) < 4.78 is 10.9. The third-order valence-electron chi connectivity index (χ3n) is 2.56. The van der Waals surface area contributed by atoms with Crippen molar-refractivity contribution in [2.24, 2.45) is 0 Å². The molecule has 2 rings (SSSR count). The lowest BCUT2D eigenvalue weighted by atomic mass is 10.2. The van der Waals surface area contributed by atoms with Crippen molar-refractivity contribution in [3.63, 3.8) is 0 Å². The Kier molecular flexibility index (Phi) is 3.58. The SMILES string of the molecule is CN(C)C(=O)c1ccnc(O[C@H]2CCOC2)c1. The summed E-state index contributed by atoms with van der Waals surface area (Å²) in [6.07, 6.45) is 2.50. The second-order valence-electron chi connectivity index (χ2n) is 4.19. The number of rotatable bonds is 3. The van der Waals surface area contributed by atoms with Crippen LogP contribution in [0.1, 0.15) is 16.8 Å². The van der Waals surface area contributed by atoms with Gasteiger partial charge >= 0.3 is 0 Å². The number of hydrogen-bond acceptors (Lipinski definition) is 4. The topological polar surface area (TPSA) is 51.7 Å². The Hall–Kier alpha value is -1.62. The highest BCUT2D eigenvalue weighted by molar-refractivity contribution is 5.94. The number of hydrogen-bond donors (Lipinski definition) is 0. The molecule has 1 aliphatic rings. The monoisotopic (exact) mass is 236 g/mol. The smallest absolute Gasteiger partial charge is 0.253 e. The maximum Gasteiger partial charge on any atom is 0.253 e. The molecule has 0 N–H and O–H groups in total. The van der Waals surface area contributed by atoms with Crippen LogP contribution in [0.4, 0.5) is 0 Å². The lowest BCUT2D eigenvalue weighted by molar-refractivity contribution is 0.0826. The van der Waals surface area contributed by atoms with Crippen LogP contribution < -0.4 is 4.74 Å². The van der Waals surface area contributed by atoms with E-state index >= 15 is 0 Å². The number of pyridine rings is 1. The first-order chi connectivity index (χ1) is 8.16. The molecule has 17 heavy (non-hydrogen) atoms. The molecule has 1 aromatic rings. The van der Waals surface area contributed by atoms with E-state index in [1.807, 2.05) is 0 Å². The first-order valence-corrected chi connectivity index (χ1v) is 5.59. The van der Waals surface area contributed by atoms with Gasteiger partial charge in [0.05, 0.1) is 13.2 Å². The predicted octanol–water partition coefficient (Wildman–Crippen LogP) is 0.951. The first kappa shape index (κ1) is 11.9. The largest absolute Gasteiger partial charge is 0.472 e. The molecule has 1 fully saturated rings. The van der Waals surface area contributed by atoms with Crippen LogP contribution in [-0.4, -0.2) is 49.2 Å². The number of nitrogens with zero attached hydrogens (tertiary/aromatic N) is 2. The van der Waals surface area contributed by atoms with Crippen LogP contribution in [0.5, 0.6) is 5.88 Å². The molecule has 0 bridgehead atoms. The van der Waals surface area contributed by atoms with Gasteiger partial charge in [0, 0.05) is 38.3 Å². The molecule has 1 aromatic heterocycles. The highest BCUT2D eigenvalue weighted by Crippen LogP contribution is 2.16. The van der Waals surface area contributed by atoms with Gasteiger partial charge in [0.2, 0.25) is 5.88 Å². The molecule has 1 amide bonds. The van der Waals surface area contributed by atoms with E-state index in [0.29, 0.717) is 18.1 Å². The molecule has 0 spiro atoms. The number of ether oxygens (including phenoxy) is 2. The molecule has 1 aliphatic heterocycles. The Balaban J connectivity index is 2.08. The van der Waals surface area contributed by atoms with Crippen LogP contribution in [0.25, 0.3) is 0 Å². The molecule has 92 valence electrons. The summed E-state index contributed by atoms with van der Waals surface area (Å²) in [5, 5.41) is 0. The molecule has 5 nitrogen and oxygen atoms in total. The molecule has 0 aliphatic carbocycles. The van der Waals surface area contributed by atoms with E-state index in [0.717, 1.165) is 13.0 Å². The number of carbonyl (C=O) groups is 1. The summed E-state index contributed by atoms with van der Waals surface area (Å²) in [5.41, 5.74) is 0.582. The molecule has 1 saturated heterocycles. The van der Waals surface area contributed by atoms with E-state index in [1.165, 1.54) is 4.90 Å². The van der Waals surface area contributed by atoms with Crippen LogP contribution in [0.15, 0.2) is 18.3 Å². The zero-order chi connectivity index (χ0) is 12.3. The highest BCUT2D eigenvalue weighted by atomic mass is 16.5. The maximum absolute atomic E-state index is 11.8. The zero-order valence-electron chi connectivity index (χ0n) is 10.0. The van der Waals surface area contributed by atoms with Crippen molar-refractivity contribution in [3.8, 4) is 5.88 Å². The van der Waals surface area contributed by atoms with Gasteiger partial charge in [-0.05, 0) is 6.07 Å². The molecule has 5 heteroatoms. The minimum atomic E-state index is -0.0556. The van der Waals surface area contributed by atoms with Gasteiger partial charge in [0.15, 0.2) is 0 Å². The summed E-state index contributed by atoms with van der Waals surface area (Å²) >= 11 is 0. The van der Waals surface area contributed by atoms with Gasteiger partial charge in [-0.2, -0.15) is 0 Å². The van der Waals surface area contributed by atoms with Crippen LogP contribution in [0.2, 0.25) is 0 Å². The Morgan fingerprint density at radius 3 is 3.06 bits per heavy atom. The molecule has 0 saturated carbocycles. The van der Waals surface area contributed by atoms with Gasteiger partial charge in [0.1, 0.15) is 6.10 Å². The Morgan fingerprint density at radius 1 is 1.59 bits per heavy atom. The Bertz CT molecular complexity index is 400. The van der Waals surface area contributed by atoms with Gasteiger partial charge in [-0.3, -0.25) is 4.79 Å². The fourth-order valence-electron chi connectivity index (χ4n) is 1.64. The summed E-state index contributed by atoms with van der Waals surface area (Å²) in [7, 11) is 3.43. The number of aromatic nitrogens is 1. The molecule has 2 heterocycles. The number of amides is 1. The van der Waals surface area contributed by atoms with Gasteiger partial charge in [-0.1, -0.05) is 0 Å². The average molecular weight is 236 g/mol. The van der Waals surface area contributed by atoms with Crippen LogP contribution in [0, 0.1) is 0 Å². The van der Waals surface area contributed by atoms with Crippen molar-refractivity contribution in [2.45, 2.75) is 12.5 Å². The average Bonchev–Trinajstić information content (AvgIpc) is 2.81. The van der Waals surface area contributed by atoms with Crippen LogP contribution >= 0.6 is 0 Å². The van der Waals surface area contributed by atoms with Gasteiger partial charge in [-0.15, -0.1) is 0 Å². The van der Waals surface area contributed by atoms with E-state index in [9.17, 15) is 4.79 Å². The van der Waals surface area contributed by atoms with E-state index in [-0.39, 0.29) is 12.0 Å². The second-order valence-corrected chi connectivity index (χ2v) is 4.19. The van der Waals surface area contributed by atoms with E-state index in [1.54, 1.807) is 32.4 Å². The van der Waals surface area contributed by atoms with Crippen molar-refractivity contribution < 1.29 is 14.3 Å². The third kappa shape index (κ3) is 2.94. The Morgan fingerprint density at radius 2 is 2.41 bits per heavy atom. The molecule has 0 radical (unpaired) electrons. The van der Waals surface area contributed by atoms with Crippen LogP contribution in [-0.2, 0) is 4.74 Å². The maximum atomic E-state index is 11.8. The fourth-order valence-corrected chi connectivity index (χ4v) is 1.64. The van der Waals surface area contributed by atoms with Crippen molar-refractivity contribution in [1.29, 1.82) is 0 Å². The summed E-state index contributed by atoms with van der Waals surface area (Å²) in [5.74, 6) is 0.424. The van der Waals surface area contributed by atoms with Crippen molar-refractivity contribution >= 4 is 5.91 Å². The molecule has 0 unspecified atom stereocenters. The molecule has 1 atom stereocenters. The zero-order valence-corrected chi connectivity index (χ0v) is 10.0. The highest BCUT2D eigenvalue weighted by Gasteiger charge is 2.18. The van der Waals surface area contributed by atoms with E-state index in [4.69, 9.17) is 9.47 Å². The van der Waals surface area contributed by atoms with Gasteiger partial charge in [-0.25, -0.2) is 4.98 Å². The lowest BCUT2D eigenvalue weighted by Crippen LogP contribution is -2.22. The van der Waals surface area contributed by atoms with E-state index in [2.05, 4.69) is 4.98 Å². The second kappa shape index (κ2) is 5.14. The normalized spacial score (nSPS) is 19.1. The quantitative estimate of drug-likeness (QED) is 0.784. The molecular weight excluding hydrogens is 220 g/mol. The number of carbonyl (C=O) groups excluding carboxylic acids is 1. The molecular formula is C12H16N2O3. The van der Waals surface area contributed by atoms with Gasteiger partial charge in [0.25, 0.3) is 5.91 Å². The lowest BCUT2D eigenvalue weighted by Gasteiger charge is -2.13. The first-order valence-electron chi connectivity index (χ1n) is 5.59.